The highest BCUT2D eigenvalue weighted by Crippen LogP contribution is 2.26. The maximum Gasteiger partial charge on any atom is 0.252 e. The van der Waals surface area contributed by atoms with Gasteiger partial charge in [0.1, 0.15) is 5.01 Å². The average molecular weight is 324 g/mol. The van der Waals surface area contributed by atoms with Crippen molar-refractivity contribution in [3.63, 3.8) is 0 Å². The third kappa shape index (κ3) is 3.07. The topological polar surface area (TPSA) is 72.0 Å². The maximum atomic E-state index is 12.0. The Morgan fingerprint density at radius 1 is 1.39 bits per heavy atom. The molecule has 0 aliphatic carbocycles. The predicted molar refractivity (Wildman–Crippen MR) is 72.7 cm³/mol. The number of aromatic nitrogens is 2. The Labute approximate surface area is 118 Å². The van der Waals surface area contributed by atoms with E-state index in [1.54, 1.807) is 13.1 Å². The molecule has 0 saturated carbocycles. The standard InChI is InChI=1S/C9H10ClN3O2S3/c1-5-3-11-7(16-5)4-12-18(14,15)8-6(2)13-9(10)17-8/h3,12H,4H2,1-2H3. The molecule has 5 nitrogen and oxygen atoms in total. The number of sulfonamides is 1. The molecule has 2 rings (SSSR count). The number of hydrogen-bond donors (Lipinski definition) is 1. The van der Waals surface area contributed by atoms with Gasteiger partial charge in [0.15, 0.2) is 8.68 Å². The highest BCUT2D eigenvalue weighted by Gasteiger charge is 2.21. The molecule has 2 heterocycles. The van der Waals surface area contributed by atoms with Gasteiger partial charge in [-0.15, -0.1) is 11.3 Å². The van der Waals surface area contributed by atoms with Crippen molar-refractivity contribution < 1.29 is 8.42 Å². The number of nitrogens with one attached hydrogen (secondary N) is 1. The van der Waals surface area contributed by atoms with Crippen LogP contribution >= 0.6 is 34.3 Å². The average Bonchev–Trinajstić information content (AvgIpc) is 2.82. The van der Waals surface area contributed by atoms with Crippen molar-refractivity contribution >= 4 is 44.3 Å². The third-order valence-corrected chi connectivity index (χ3v) is 6.24. The molecule has 0 aliphatic rings. The highest BCUT2D eigenvalue weighted by molar-refractivity contribution is 7.91. The fraction of sp³-hybridized carbons (Fsp3) is 0.333. The van der Waals surface area contributed by atoms with Crippen LogP contribution < -0.4 is 4.72 Å². The van der Waals surface area contributed by atoms with Crippen LogP contribution in [0.4, 0.5) is 0 Å². The zero-order valence-electron chi connectivity index (χ0n) is 9.60. The zero-order chi connectivity index (χ0) is 13.3. The van der Waals surface area contributed by atoms with Gasteiger partial charge in [0.05, 0.1) is 12.2 Å². The largest absolute Gasteiger partial charge is 0.252 e. The van der Waals surface area contributed by atoms with E-state index in [0.717, 1.165) is 21.2 Å². The van der Waals surface area contributed by atoms with Crippen molar-refractivity contribution in [3.05, 3.63) is 26.2 Å². The van der Waals surface area contributed by atoms with Crippen LogP contribution in [0.25, 0.3) is 0 Å². The monoisotopic (exact) mass is 323 g/mol. The Morgan fingerprint density at radius 2 is 2.11 bits per heavy atom. The van der Waals surface area contributed by atoms with Gasteiger partial charge in [0.2, 0.25) is 0 Å². The van der Waals surface area contributed by atoms with Gasteiger partial charge in [0, 0.05) is 11.1 Å². The zero-order valence-corrected chi connectivity index (χ0v) is 12.8. The van der Waals surface area contributed by atoms with E-state index in [0.29, 0.717) is 5.69 Å². The highest BCUT2D eigenvalue weighted by atomic mass is 35.5. The Hall–Kier alpha value is -0.540. The van der Waals surface area contributed by atoms with Crippen molar-refractivity contribution in [1.82, 2.24) is 14.7 Å². The van der Waals surface area contributed by atoms with E-state index in [1.165, 1.54) is 11.3 Å². The number of halogens is 1. The van der Waals surface area contributed by atoms with E-state index in [9.17, 15) is 8.42 Å². The van der Waals surface area contributed by atoms with Crippen LogP contribution in [-0.4, -0.2) is 18.4 Å². The Kier molecular flexibility index (Phi) is 4.02. The molecule has 9 heteroatoms. The lowest BCUT2D eigenvalue weighted by molar-refractivity contribution is 0.582. The van der Waals surface area contributed by atoms with Crippen LogP contribution in [-0.2, 0) is 16.6 Å². The molecule has 0 aromatic carbocycles. The lowest BCUT2D eigenvalue weighted by Crippen LogP contribution is -2.22. The molecular formula is C9H10ClN3O2S3. The van der Waals surface area contributed by atoms with Gasteiger partial charge < -0.3 is 0 Å². The number of nitrogens with zero attached hydrogens (tertiary/aromatic N) is 2. The minimum atomic E-state index is -3.57. The molecule has 0 atom stereocenters. The summed E-state index contributed by atoms with van der Waals surface area (Å²) in [6.45, 7) is 3.71. The van der Waals surface area contributed by atoms with Gasteiger partial charge in [-0.3, -0.25) is 0 Å². The first-order valence-electron chi connectivity index (χ1n) is 4.92. The van der Waals surface area contributed by atoms with Gasteiger partial charge in [0.25, 0.3) is 10.0 Å². The van der Waals surface area contributed by atoms with Crippen LogP contribution in [0.1, 0.15) is 15.6 Å². The summed E-state index contributed by atoms with van der Waals surface area (Å²) in [5, 5.41) is 0.726. The van der Waals surface area contributed by atoms with Crippen molar-refractivity contribution in [1.29, 1.82) is 0 Å². The van der Waals surface area contributed by atoms with Crippen LogP contribution in [0.2, 0.25) is 4.47 Å². The number of rotatable bonds is 4. The van der Waals surface area contributed by atoms with Gasteiger partial charge in [-0.05, 0) is 13.8 Å². The summed E-state index contributed by atoms with van der Waals surface area (Å²) in [5.41, 5.74) is 0.410. The fourth-order valence-electron chi connectivity index (χ4n) is 1.31. The summed E-state index contributed by atoms with van der Waals surface area (Å²) in [7, 11) is -3.57. The van der Waals surface area contributed by atoms with Crippen molar-refractivity contribution in [2.45, 2.75) is 24.6 Å². The minimum absolute atomic E-state index is 0.153. The first kappa shape index (κ1) is 13.9. The molecule has 0 spiro atoms. The summed E-state index contributed by atoms with van der Waals surface area (Å²) >= 11 is 8.10. The molecule has 0 radical (unpaired) electrons. The normalized spacial score (nSPS) is 11.9. The van der Waals surface area contributed by atoms with E-state index in [-0.39, 0.29) is 15.2 Å². The van der Waals surface area contributed by atoms with Crippen molar-refractivity contribution in [3.8, 4) is 0 Å². The van der Waals surface area contributed by atoms with Gasteiger partial charge in [-0.1, -0.05) is 22.9 Å². The lowest BCUT2D eigenvalue weighted by atomic mass is 10.6. The molecule has 0 unspecified atom stereocenters. The third-order valence-electron chi connectivity index (χ3n) is 2.05. The Balaban J connectivity index is 2.15. The molecular weight excluding hydrogens is 314 g/mol. The molecule has 0 bridgehead atoms. The van der Waals surface area contributed by atoms with Gasteiger partial charge >= 0.3 is 0 Å². The van der Waals surface area contributed by atoms with Crippen LogP contribution in [0.3, 0.4) is 0 Å². The first-order chi connectivity index (χ1) is 8.38. The second-order valence-corrected chi connectivity index (χ2v) is 8.39. The van der Waals surface area contributed by atoms with E-state index in [1.807, 2.05) is 6.92 Å². The molecule has 0 fully saturated rings. The summed E-state index contributed by atoms with van der Waals surface area (Å²) in [4.78, 5) is 9.02. The second kappa shape index (κ2) is 5.22. The molecule has 2 aromatic heterocycles. The van der Waals surface area contributed by atoms with Crippen molar-refractivity contribution in [2.75, 3.05) is 0 Å². The SMILES string of the molecule is Cc1cnc(CNS(=O)(=O)c2sc(Cl)nc2C)s1. The van der Waals surface area contributed by atoms with Gasteiger partial charge in [-0.2, -0.15) is 0 Å². The smallest absolute Gasteiger partial charge is 0.248 e. The fourth-order valence-corrected chi connectivity index (χ4v) is 4.89. The summed E-state index contributed by atoms with van der Waals surface area (Å²) in [5.74, 6) is 0. The second-order valence-electron chi connectivity index (χ2n) is 3.53. The maximum absolute atomic E-state index is 12.0. The van der Waals surface area contributed by atoms with Crippen LogP contribution in [0.5, 0.6) is 0 Å². The summed E-state index contributed by atoms with van der Waals surface area (Å²) in [6, 6.07) is 0. The molecule has 1 N–H and O–H groups in total. The Bertz CT molecular complexity index is 662. The molecule has 0 amide bonds. The number of aryl methyl sites for hydroxylation is 2. The van der Waals surface area contributed by atoms with Crippen LogP contribution in [0, 0.1) is 13.8 Å². The van der Waals surface area contributed by atoms with E-state index in [2.05, 4.69) is 14.7 Å². The summed E-state index contributed by atoms with van der Waals surface area (Å²) in [6.07, 6.45) is 1.71. The van der Waals surface area contributed by atoms with Crippen molar-refractivity contribution in [2.24, 2.45) is 0 Å². The lowest BCUT2D eigenvalue weighted by Gasteiger charge is -2.02. The van der Waals surface area contributed by atoms with E-state index < -0.39 is 10.0 Å². The number of thiazole rings is 2. The van der Waals surface area contributed by atoms with E-state index in [4.69, 9.17) is 11.6 Å². The molecule has 0 aliphatic heterocycles. The Morgan fingerprint density at radius 3 is 2.61 bits per heavy atom. The number of hydrogen-bond acceptors (Lipinski definition) is 6. The van der Waals surface area contributed by atoms with Crippen LogP contribution in [0.15, 0.2) is 10.4 Å². The minimum Gasteiger partial charge on any atom is -0.248 e. The first-order valence-corrected chi connectivity index (χ1v) is 8.42. The molecule has 2 aromatic rings. The molecule has 98 valence electrons. The van der Waals surface area contributed by atoms with Gasteiger partial charge in [-0.25, -0.2) is 23.1 Å². The van der Waals surface area contributed by atoms with E-state index >= 15 is 0 Å². The molecule has 18 heavy (non-hydrogen) atoms. The summed E-state index contributed by atoms with van der Waals surface area (Å²) < 4.78 is 26.9. The molecule has 0 saturated heterocycles. The quantitative estimate of drug-likeness (QED) is 0.937. The predicted octanol–water partition coefficient (Wildman–Crippen LogP) is 2.35.